The summed E-state index contributed by atoms with van der Waals surface area (Å²) in [6, 6.07) is 0.487. The fraction of sp³-hybridized carbons (Fsp3) is 1.00. The molecule has 1 N–H and O–H groups in total. The predicted molar refractivity (Wildman–Crippen MR) is 75.6 cm³/mol. The lowest BCUT2D eigenvalue weighted by Crippen LogP contribution is -2.48. The molecule has 2 aliphatic rings. The molecule has 0 amide bonds. The van der Waals surface area contributed by atoms with Crippen molar-refractivity contribution >= 4 is 10.0 Å². The molecule has 112 valence electrons. The highest BCUT2D eigenvalue weighted by Gasteiger charge is 2.35. The molecule has 2 saturated heterocycles. The Kier molecular flexibility index (Phi) is 5.62. The number of nitrogens with one attached hydrogen (secondary N) is 1. The highest BCUT2D eigenvalue weighted by atomic mass is 32.2. The van der Waals surface area contributed by atoms with Crippen LogP contribution in [0, 0.1) is 0 Å². The summed E-state index contributed by atoms with van der Waals surface area (Å²) in [5.41, 5.74) is 0. The third-order valence-corrected chi connectivity index (χ3v) is 6.49. The molecular formula is C13H26N2O3S. The fourth-order valence-corrected chi connectivity index (χ4v) is 4.78. The molecule has 0 bridgehead atoms. The first-order valence-corrected chi connectivity index (χ1v) is 8.95. The van der Waals surface area contributed by atoms with Gasteiger partial charge in [0.1, 0.15) is 0 Å². The minimum atomic E-state index is -3.10. The van der Waals surface area contributed by atoms with Crippen LogP contribution in [0.2, 0.25) is 0 Å². The molecule has 0 aromatic heterocycles. The lowest BCUT2D eigenvalue weighted by atomic mass is 10.1. The fourth-order valence-electron chi connectivity index (χ4n) is 2.85. The molecule has 5 nitrogen and oxygen atoms in total. The Bertz CT molecular complexity index is 358. The molecule has 2 fully saturated rings. The molecule has 0 saturated carbocycles. The van der Waals surface area contributed by atoms with Gasteiger partial charge in [-0.1, -0.05) is 6.92 Å². The van der Waals surface area contributed by atoms with Crippen molar-refractivity contribution in [3.8, 4) is 0 Å². The van der Waals surface area contributed by atoms with E-state index in [-0.39, 0.29) is 5.25 Å². The maximum absolute atomic E-state index is 12.5. The molecule has 0 spiro atoms. The third kappa shape index (κ3) is 3.90. The second kappa shape index (κ2) is 7.02. The Morgan fingerprint density at radius 2 is 1.79 bits per heavy atom. The monoisotopic (exact) mass is 290 g/mol. The van der Waals surface area contributed by atoms with E-state index in [1.807, 2.05) is 0 Å². The number of hydrogen-bond acceptors (Lipinski definition) is 4. The molecule has 0 aromatic rings. The maximum atomic E-state index is 12.5. The summed E-state index contributed by atoms with van der Waals surface area (Å²) in [4.78, 5) is 0. The van der Waals surface area contributed by atoms with Crippen molar-refractivity contribution in [1.82, 2.24) is 9.62 Å². The van der Waals surface area contributed by atoms with Crippen molar-refractivity contribution in [2.75, 3.05) is 32.8 Å². The average molecular weight is 290 g/mol. The zero-order valence-corrected chi connectivity index (χ0v) is 12.6. The molecule has 0 atom stereocenters. The first kappa shape index (κ1) is 15.2. The minimum Gasteiger partial charge on any atom is -0.381 e. The summed E-state index contributed by atoms with van der Waals surface area (Å²) in [6.07, 6.45) is 4.29. The van der Waals surface area contributed by atoms with E-state index in [4.69, 9.17) is 4.74 Å². The first-order chi connectivity index (χ1) is 9.14. The lowest BCUT2D eigenvalue weighted by Gasteiger charge is -2.35. The molecule has 0 unspecified atom stereocenters. The van der Waals surface area contributed by atoms with Crippen LogP contribution in [0.15, 0.2) is 0 Å². The zero-order chi connectivity index (χ0) is 13.7. The number of ether oxygens (including phenoxy) is 1. The van der Waals surface area contributed by atoms with Crippen LogP contribution in [0.25, 0.3) is 0 Å². The topological polar surface area (TPSA) is 58.6 Å². The van der Waals surface area contributed by atoms with Crippen LogP contribution >= 0.6 is 0 Å². The van der Waals surface area contributed by atoms with Gasteiger partial charge in [0.25, 0.3) is 0 Å². The van der Waals surface area contributed by atoms with Crippen LogP contribution < -0.4 is 5.32 Å². The number of piperidine rings is 1. The Morgan fingerprint density at radius 3 is 2.37 bits per heavy atom. The highest BCUT2D eigenvalue weighted by molar-refractivity contribution is 7.89. The van der Waals surface area contributed by atoms with E-state index in [0.717, 1.165) is 25.8 Å². The van der Waals surface area contributed by atoms with Gasteiger partial charge in [-0.15, -0.1) is 0 Å². The van der Waals surface area contributed by atoms with Crippen molar-refractivity contribution in [3.05, 3.63) is 0 Å². The van der Waals surface area contributed by atoms with Crippen LogP contribution in [0.3, 0.4) is 0 Å². The molecule has 0 aliphatic carbocycles. The van der Waals surface area contributed by atoms with Gasteiger partial charge in [-0.2, -0.15) is 0 Å². The smallest absolute Gasteiger partial charge is 0.217 e. The van der Waals surface area contributed by atoms with Crippen LogP contribution in [0.4, 0.5) is 0 Å². The maximum Gasteiger partial charge on any atom is 0.217 e. The van der Waals surface area contributed by atoms with Crippen LogP contribution in [-0.4, -0.2) is 56.9 Å². The third-order valence-electron chi connectivity index (χ3n) is 4.09. The standard InChI is InChI=1S/C13H26N2O3S/c1-2-7-14-12-3-8-15(9-4-12)19(16,17)13-5-10-18-11-6-13/h12-14H,2-11H2,1H3. The van der Waals surface area contributed by atoms with Gasteiger partial charge in [0.05, 0.1) is 5.25 Å². The van der Waals surface area contributed by atoms with E-state index in [1.54, 1.807) is 4.31 Å². The Morgan fingerprint density at radius 1 is 1.16 bits per heavy atom. The van der Waals surface area contributed by atoms with Crippen LogP contribution in [0.1, 0.15) is 39.0 Å². The molecule has 0 aromatic carbocycles. The number of hydrogen-bond donors (Lipinski definition) is 1. The Balaban J connectivity index is 1.85. The van der Waals surface area contributed by atoms with E-state index in [9.17, 15) is 8.42 Å². The molecular weight excluding hydrogens is 264 g/mol. The largest absolute Gasteiger partial charge is 0.381 e. The molecule has 6 heteroatoms. The van der Waals surface area contributed by atoms with Crippen molar-refractivity contribution in [2.24, 2.45) is 0 Å². The predicted octanol–water partition coefficient (Wildman–Crippen LogP) is 0.959. The molecule has 2 heterocycles. The second-order valence-electron chi connectivity index (χ2n) is 5.48. The number of rotatable bonds is 5. The van der Waals surface area contributed by atoms with Crippen molar-refractivity contribution < 1.29 is 13.2 Å². The highest BCUT2D eigenvalue weighted by Crippen LogP contribution is 2.23. The van der Waals surface area contributed by atoms with Gasteiger partial charge >= 0.3 is 0 Å². The van der Waals surface area contributed by atoms with Gasteiger partial charge < -0.3 is 10.1 Å². The van der Waals surface area contributed by atoms with Crippen LogP contribution in [0.5, 0.6) is 0 Å². The van der Waals surface area contributed by atoms with Gasteiger partial charge in [0.15, 0.2) is 0 Å². The molecule has 2 aliphatic heterocycles. The zero-order valence-electron chi connectivity index (χ0n) is 11.8. The second-order valence-corrected chi connectivity index (χ2v) is 7.70. The van der Waals surface area contributed by atoms with E-state index in [2.05, 4.69) is 12.2 Å². The molecule has 0 radical (unpaired) electrons. The number of sulfonamides is 1. The SMILES string of the molecule is CCCNC1CCN(S(=O)(=O)C2CCOCC2)CC1. The summed E-state index contributed by atoms with van der Waals surface area (Å²) in [5.74, 6) is 0. The summed E-state index contributed by atoms with van der Waals surface area (Å²) in [5, 5.41) is 3.26. The van der Waals surface area contributed by atoms with Crippen LogP contribution in [-0.2, 0) is 14.8 Å². The Labute approximate surface area is 116 Å². The van der Waals surface area contributed by atoms with Gasteiger partial charge in [-0.05, 0) is 38.6 Å². The lowest BCUT2D eigenvalue weighted by molar-refractivity contribution is 0.0968. The minimum absolute atomic E-state index is 0.221. The molecule has 2 rings (SSSR count). The normalized spacial score (nSPS) is 24.7. The van der Waals surface area contributed by atoms with Gasteiger partial charge in [0, 0.05) is 32.3 Å². The van der Waals surface area contributed by atoms with Crippen molar-refractivity contribution in [1.29, 1.82) is 0 Å². The summed E-state index contributed by atoms with van der Waals surface area (Å²) in [7, 11) is -3.10. The van der Waals surface area contributed by atoms with Gasteiger partial charge in [-0.25, -0.2) is 12.7 Å². The van der Waals surface area contributed by atoms with Crippen molar-refractivity contribution in [2.45, 2.75) is 50.3 Å². The first-order valence-electron chi connectivity index (χ1n) is 7.44. The van der Waals surface area contributed by atoms with E-state index in [1.165, 1.54) is 0 Å². The van der Waals surface area contributed by atoms with E-state index in [0.29, 0.717) is 45.2 Å². The number of nitrogens with zero attached hydrogens (tertiary/aromatic N) is 1. The van der Waals surface area contributed by atoms with Gasteiger partial charge in [0.2, 0.25) is 10.0 Å². The van der Waals surface area contributed by atoms with E-state index >= 15 is 0 Å². The molecule has 19 heavy (non-hydrogen) atoms. The summed E-state index contributed by atoms with van der Waals surface area (Å²) in [6.45, 7) is 5.67. The summed E-state index contributed by atoms with van der Waals surface area (Å²) >= 11 is 0. The Hall–Kier alpha value is -0.170. The van der Waals surface area contributed by atoms with Gasteiger partial charge in [-0.3, -0.25) is 0 Å². The average Bonchev–Trinajstić information content (AvgIpc) is 2.46. The van der Waals surface area contributed by atoms with E-state index < -0.39 is 10.0 Å². The quantitative estimate of drug-likeness (QED) is 0.819. The summed E-state index contributed by atoms with van der Waals surface area (Å²) < 4.78 is 32.0. The van der Waals surface area contributed by atoms with Crippen molar-refractivity contribution in [3.63, 3.8) is 0 Å².